The van der Waals surface area contributed by atoms with Crippen LogP contribution in [0.25, 0.3) is 66.1 Å². The molecule has 0 bridgehead atoms. The monoisotopic (exact) mass is 458 g/mol. The molecule has 0 fully saturated rings. The summed E-state index contributed by atoms with van der Waals surface area (Å²) in [5.74, 6) is 0. The molecule has 2 nitrogen and oxygen atoms in total. The Hall–Kier alpha value is -4.82. The normalized spacial score (nSPS) is 11.3. The van der Waals surface area contributed by atoms with Gasteiger partial charge in [-0.05, 0) is 34.9 Å². The van der Waals surface area contributed by atoms with Gasteiger partial charge in [0.1, 0.15) is 0 Å². The van der Waals surface area contributed by atoms with Gasteiger partial charge in [-0.1, -0.05) is 109 Å². The zero-order valence-corrected chi connectivity index (χ0v) is 19.6. The fourth-order valence-electron chi connectivity index (χ4n) is 5.13. The lowest BCUT2D eigenvalue weighted by Gasteiger charge is -2.14. The Morgan fingerprint density at radius 3 is 2.00 bits per heavy atom. The Balaban J connectivity index is 1.41. The third-order valence-electron chi connectivity index (χ3n) is 6.89. The van der Waals surface area contributed by atoms with E-state index in [0.717, 1.165) is 44.2 Å². The quantitative estimate of drug-likeness (QED) is 0.247. The Kier molecular flexibility index (Phi) is 4.82. The predicted molar refractivity (Wildman–Crippen MR) is 151 cm³/mol. The number of rotatable bonds is 3. The molecule has 2 heteroatoms. The Bertz CT molecular complexity index is 1870. The van der Waals surface area contributed by atoms with Gasteiger partial charge in [0, 0.05) is 38.9 Å². The van der Waals surface area contributed by atoms with Crippen molar-refractivity contribution in [3.63, 3.8) is 0 Å². The lowest BCUT2D eigenvalue weighted by atomic mass is 9.92. The van der Waals surface area contributed by atoms with Crippen LogP contribution in [0, 0.1) is 0 Å². The van der Waals surface area contributed by atoms with Gasteiger partial charge in [-0.25, -0.2) is 4.98 Å². The van der Waals surface area contributed by atoms with Gasteiger partial charge in [-0.3, -0.25) is 4.98 Å². The summed E-state index contributed by atoms with van der Waals surface area (Å²) in [5.41, 5.74) is 8.83. The van der Waals surface area contributed by atoms with Crippen molar-refractivity contribution >= 4 is 32.6 Å². The van der Waals surface area contributed by atoms with Crippen molar-refractivity contribution < 1.29 is 0 Å². The van der Waals surface area contributed by atoms with Crippen LogP contribution in [0.15, 0.2) is 134 Å². The van der Waals surface area contributed by atoms with Crippen LogP contribution in [0.1, 0.15) is 0 Å². The zero-order valence-electron chi connectivity index (χ0n) is 19.6. The second-order valence-corrected chi connectivity index (χ2v) is 9.07. The molecule has 0 saturated carbocycles. The van der Waals surface area contributed by atoms with Crippen molar-refractivity contribution in [1.82, 2.24) is 9.97 Å². The second kappa shape index (κ2) is 8.44. The number of hydrogen-bond donors (Lipinski definition) is 0. The summed E-state index contributed by atoms with van der Waals surface area (Å²) in [7, 11) is 0. The maximum atomic E-state index is 5.14. The molecule has 0 aliphatic heterocycles. The van der Waals surface area contributed by atoms with Crippen LogP contribution in [0.4, 0.5) is 0 Å². The van der Waals surface area contributed by atoms with Gasteiger partial charge in [-0.2, -0.15) is 0 Å². The third-order valence-corrected chi connectivity index (χ3v) is 6.89. The average Bonchev–Trinajstić information content (AvgIpc) is 2.97. The Morgan fingerprint density at radius 1 is 0.444 bits per heavy atom. The fourth-order valence-corrected chi connectivity index (χ4v) is 5.13. The zero-order chi connectivity index (χ0) is 23.9. The van der Waals surface area contributed by atoms with Gasteiger partial charge in [0.2, 0.25) is 0 Å². The number of aromatic nitrogens is 2. The molecule has 2 heterocycles. The van der Waals surface area contributed by atoms with Crippen LogP contribution in [0.3, 0.4) is 0 Å². The molecule has 2 aromatic heterocycles. The average molecular weight is 459 g/mol. The molecule has 5 aromatic carbocycles. The highest BCUT2D eigenvalue weighted by Gasteiger charge is 2.14. The summed E-state index contributed by atoms with van der Waals surface area (Å²) < 4.78 is 0. The summed E-state index contributed by atoms with van der Waals surface area (Å²) in [6, 6.07) is 44.7. The SMILES string of the molecule is c1ccc(-c2cccc3c(-c4ccc(-c5cnc6ccccc6c5)cc4)nc4ccccc4c23)cc1. The summed E-state index contributed by atoms with van der Waals surface area (Å²) >= 11 is 0. The van der Waals surface area contributed by atoms with Gasteiger partial charge < -0.3 is 0 Å². The molecule has 0 unspecified atom stereocenters. The van der Waals surface area contributed by atoms with E-state index in [1.807, 2.05) is 18.3 Å². The molecule has 0 aliphatic carbocycles. The predicted octanol–water partition coefficient (Wildman–Crippen LogP) is 8.94. The second-order valence-electron chi connectivity index (χ2n) is 9.07. The highest BCUT2D eigenvalue weighted by atomic mass is 14.7. The number of nitrogens with zero attached hydrogens (tertiary/aromatic N) is 2. The van der Waals surface area contributed by atoms with Gasteiger partial charge in [0.15, 0.2) is 0 Å². The molecule has 0 spiro atoms. The summed E-state index contributed by atoms with van der Waals surface area (Å²) in [6.45, 7) is 0. The Morgan fingerprint density at radius 2 is 1.14 bits per heavy atom. The van der Waals surface area contributed by atoms with E-state index < -0.39 is 0 Å². The van der Waals surface area contributed by atoms with Crippen molar-refractivity contribution in [1.29, 1.82) is 0 Å². The number of para-hydroxylation sites is 2. The largest absolute Gasteiger partial charge is 0.256 e. The lowest BCUT2D eigenvalue weighted by molar-refractivity contribution is 1.40. The number of benzene rings is 5. The molecule has 168 valence electrons. The fraction of sp³-hybridized carbons (Fsp3) is 0. The first-order chi connectivity index (χ1) is 17.8. The van der Waals surface area contributed by atoms with Crippen LogP contribution in [-0.2, 0) is 0 Å². The van der Waals surface area contributed by atoms with E-state index in [-0.39, 0.29) is 0 Å². The van der Waals surface area contributed by atoms with E-state index in [4.69, 9.17) is 4.98 Å². The molecule has 0 atom stereocenters. The van der Waals surface area contributed by atoms with Gasteiger partial charge in [0.05, 0.1) is 16.7 Å². The lowest BCUT2D eigenvalue weighted by Crippen LogP contribution is -1.92. The highest BCUT2D eigenvalue weighted by Crippen LogP contribution is 2.38. The standard InChI is InChI=1S/C34H22N2/c1-2-9-24(10-3-1)28-13-8-14-30-33(28)29-12-5-7-16-32(29)36-34(30)25-19-17-23(18-20-25)27-21-26-11-4-6-15-31(26)35-22-27/h1-22H. The van der Waals surface area contributed by atoms with Crippen molar-refractivity contribution in [3.8, 4) is 33.5 Å². The molecule has 36 heavy (non-hydrogen) atoms. The van der Waals surface area contributed by atoms with Crippen LogP contribution in [-0.4, -0.2) is 9.97 Å². The van der Waals surface area contributed by atoms with Crippen LogP contribution < -0.4 is 0 Å². The van der Waals surface area contributed by atoms with Crippen molar-refractivity contribution in [3.05, 3.63) is 134 Å². The van der Waals surface area contributed by atoms with E-state index in [1.54, 1.807) is 0 Å². The number of pyridine rings is 2. The first-order valence-corrected chi connectivity index (χ1v) is 12.2. The summed E-state index contributed by atoms with van der Waals surface area (Å²) in [4.78, 5) is 9.78. The maximum absolute atomic E-state index is 5.14. The molecule has 7 aromatic rings. The minimum atomic E-state index is 1.00. The molecule has 0 radical (unpaired) electrons. The van der Waals surface area contributed by atoms with Crippen LogP contribution in [0.5, 0.6) is 0 Å². The minimum absolute atomic E-state index is 1.00. The summed E-state index contributed by atoms with van der Waals surface area (Å²) in [6.07, 6.45) is 1.95. The molecule has 7 rings (SSSR count). The van der Waals surface area contributed by atoms with E-state index in [9.17, 15) is 0 Å². The first kappa shape index (κ1) is 20.5. The Labute approximate surface area is 209 Å². The minimum Gasteiger partial charge on any atom is -0.256 e. The van der Waals surface area contributed by atoms with E-state index in [1.165, 1.54) is 21.9 Å². The van der Waals surface area contributed by atoms with E-state index in [0.29, 0.717) is 0 Å². The van der Waals surface area contributed by atoms with Crippen molar-refractivity contribution in [2.75, 3.05) is 0 Å². The van der Waals surface area contributed by atoms with E-state index >= 15 is 0 Å². The molecule has 0 N–H and O–H groups in total. The molecule has 0 saturated heterocycles. The topological polar surface area (TPSA) is 25.8 Å². The molecular formula is C34H22N2. The van der Waals surface area contributed by atoms with Crippen molar-refractivity contribution in [2.45, 2.75) is 0 Å². The van der Waals surface area contributed by atoms with Crippen LogP contribution in [0.2, 0.25) is 0 Å². The number of fused-ring (bicyclic) bond motifs is 4. The number of hydrogen-bond acceptors (Lipinski definition) is 2. The van der Waals surface area contributed by atoms with E-state index in [2.05, 4.69) is 120 Å². The smallest absolute Gasteiger partial charge is 0.0788 e. The molecule has 0 aliphatic rings. The first-order valence-electron chi connectivity index (χ1n) is 12.2. The summed E-state index contributed by atoms with van der Waals surface area (Å²) in [5, 5.41) is 4.73. The molecular weight excluding hydrogens is 436 g/mol. The van der Waals surface area contributed by atoms with Gasteiger partial charge in [-0.15, -0.1) is 0 Å². The van der Waals surface area contributed by atoms with Gasteiger partial charge >= 0.3 is 0 Å². The van der Waals surface area contributed by atoms with Gasteiger partial charge in [0.25, 0.3) is 0 Å². The highest BCUT2D eigenvalue weighted by molar-refractivity contribution is 6.17. The molecule has 0 amide bonds. The van der Waals surface area contributed by atoms with Crippen molar-refractivity contribution in [2.24, 2.45) is 0 Å². The van der Waals surface area contributed by atoms with Crippen LogP contribution >= 0.6 is 0 Å². The maximum Gasteiger partial charge on any atom is 0.0788 e. The third kappa shape index (κ3) is 3.43.